The SMILES string of the molecule is CC(O)(CCl)OCF. The molecule has 0 bridgehead atoms. The number of alkyl halides is 2. The predicted octanol–water partition coefficient (Wildman–Crippen LogP) is 0.877. The van der Waals surface area contributed by atoms with E-state index < -0.39 is 12.6 Å². The average Bonchev–Trinajstić information content (AvgIpc) is 1.67. The Morgan fingerprint density at radius 1 is 1.88 bits per heavy atom. The maximum absolute atomic E-state index is 11.2. The van der Waals surface area contributed by atoms with Crippen molar-refractivity contribution in [3.05, 3.63) is 0 Å². The molecule has 0 saturated carbocycles. The highest BCUT2D eigenvalue weighted by molar-refractivity contribution is 6.18. The van der Waals surface area contributed by atoms with Gasteiger partial charge in [-0.2, -0.15) is 0 Å². The van der Waals surface area contributed by atoms with Crippen molar-refractivity contribution in [3.63, 3.8) is 0 Å². The molecule has 0 aromatic rings. The van der Waals surface area contributed by atoms with Gasteiger partial charge in [0, 0.05) is 0 Å². The van der Waals surface area contributed by atoms with Crippen LogP contribution in [0.3, 0.4) is 0 Å². The van der Waals surface area contributed by atoms with E-state index >= 15 is 0 Å². The lowest BCUT2D eigenvalue weighted by Gasteiger charge is -2.17. The van der Waals surface area contributed by atoms with Crippen molar-refractivity contribution in [2.75, 3.05) is 12.7 Å². The standard InChI is InChI=1S/C4H8ClFO2/c1-4(7,2-5)8-3-6/h7H,2-3H2,1H3. The lowest BCUT2D eigenvalue weighted by Crippen LogP contribution is -2.29. The summed E-state index contributed by atoms with van der Waals surface area (Å²) < 4.78 is 15.4. The Hall–Kier alpha value is 0.140. The molecule has 0 radical (unpaired) electrons. The molecule has 8 heavy (non-hydrogen) atoms. The Morgan fingerprint density at radius 3 is 2.50 bits per heavy atom. The maximum Gasteiger partial charge on any atom is 0.191 e. The summed E-state index contributed by atoms with van der Waals surface area (Å²) in [7, 11) is 0. The van der Waals surface area contributed by atoms with E-state index in [1.54, 1.807) is 0 Å². The van der Waals surface area contributed by atoms with Crippen molar-refractivity contribution in [1.29, 1.82) is 0 Å². The lowest BCUT2D eigenvalue weighted by atomic mass is 10.4. The zero-order valence-corrected chi connectivity index (χ0v) is 5.28. The van der Waals surface area contributed by atoms with Crippen molar-refractivity contribution in [2.45, 2.75) is 12.7 Å². The lowest BCUT2D eigenvalue weighted by molar-refractivity contribution is -0.194. The van der Waals surface area contributed by atoms with Gasteiger partial charge in [0.15, 0.2) is 12.6 Å². The van der Waals surface area contributed by atoms with E-state index in [-0.39, 0.29) is 5.88 Å². The first kappa shape index (κ1) is 8.14. The molecule has 1 atom stereocenters. The second-order valence-corrected chi connectivity index (χ2v) is 1.83. The molecule has 0 spiro atoms. The first-order valence-corrected chi connectivity index (χ1v) is 2.64. The van der Waals surface area contributed by atoms with Crippen LogP contribution in [-0.2, 0) is 4.74 Å². The molecule has 0 aliphatic heterocycles. The van der Waals surface area contributed by atoms with Crippen molar-refractivity contribution in [1.82, 2.24) is 0 Å². The molecule has 2 nitrogen and oxygen atoms in total. The summed E-state index contributed by atoms with van der Waals surface area (Å²) in [5.41, 5.74) is 0. The highest BCUT2D eigenvalue weighted by atomic mass is 35.5. The van der Waals surface area contributed by atoms with Gasteiger partial charge in [0.2, 0.25) is 0 Å². The van der Waals surface area contributed by atoms with Crippen LogP contribution in [0.4, 0.5) is 4.39 Å². The quantitative estimate of drug-likeness (QED) is 0.468. The summed E-state index contributed by atoms with van der Waals surface area (Å²) in [5.74, 6) is -1.65. The first-order chi connectivity index (χ1) is 3.62. The van der Waals surface area contributed by atoms with Crippen LogP contribution in [0, 0.1) is 0 Å². The highest BCUT2D eigenvalue weighted by Crippen LogP contribution is 2.06. The first-order valence-electron chi connectivity index (χ1n) is 2.10. The average molecular weight is 143 g/mol. The number of hydrogen-bond acceptors (Lipinski definition) is 2. The Balaban J connectivity index is 3.37. The second kappa shape index (κ2) is 3.22. The van der Waals surface area contributed by atoms with Crippen molar-refractivity contribution < 1.29 is 14.2 Å². The monoisotopic (exact) mass is 142 g/mol. The number of ether oxygens (including phenoxy) is 1. The third kappa shape index (κ3) is 3.18. The minimum atomic E-state index is -1.52. The summed E-state index contributed by atoms with van der Waals surface area (Å²) in [4.78, 5) is 0. The topological polar surface area (TPSA) is 29.5 Å². The van der Waals surface area contributed by atoms with Gasteiger partial charge in [-0.15, -0.1) is 11.6 Å². The minimum absolute atomic E-state index is 0.128. The Labute approximate surface area is 52.2 Å². The van der Waals surface area contributed by atoms with E-state index in [1.807, 2.05) is 0 Å². The fourth-order valence-electron chi connectivity index (χ4n) is 0.156. The fourth-order valence-corrected chi connectivity index (χ4v) is 0.233. The van der Waals surface area contributed by atoms with Crippen molar-refractivity contribution in [2.24, 2.45) is 0 Å². The van der Waals surface area contributed by atoms with E-state index in [4.69, 9.17) is 16.7 Å². The molecule has 0 rings (SSSR count). The molecular formula is C4H8ClFO2. The van der Waals surface area contributed by atoms with Crippen LogP contribution in [0.5, 0.6) is 0 Å². The fraction of sp³-hybridized carbons (Fsp3) is 1.00. The summed E-state index contributed by atoms with van der Waals surface area (Å²) in [6, 6.07) is 0. The zero-order chi connectivity index (χ0) is 6.62. The van der Waals surface area contributed by atoms with Gasteiger partial charge in [0.1, 0.15) is 0 Å². The van der Waals surface area contributed by atoms with E-state index in [0.29, 0.717) is 0 Å². The molecule has 0 heterocycles. The van der Waals surface area contributed by atoms with Crippen LogP contribution in [0.15, 0.2) is 0 Å². The van der Waals surface area contributed by atoms with Gasteiger partial charge < -0.3 is 9.84 Å². The van der Waals surface area contributed by atoms with Gasteiger partial charge in [-0.1, -0.05) is 0 Å². The van der Waals surface area contributed by atoms with Gasteiger partial charge in [-0.3, -0.25) is 0 Å². The summed E-state index contributed by atoms with van der Waals surface area (Å²) in [6.07, 6.45) is 0. The third-order valence-corrected chi connectivity index (χ3v) is 1.11. The van der Waals surface area contributed by atoms with Gasteiger partial charge >= 0.3 is 0 Å². The van der Waals surface area contributed by atoms with Crippen LogP contribution < -0.4 is 0 Å². The molecule has 1 unspecified atom stereocenters. The van der Waals surface area contributed by atoms with E-state index in [1.165, 1.54) is 6.92 Å². The highest BCUT2D eigenvalue weighted by Gasteiger charge is 2.18. The number of hydrogen-bond donors (Lipinski definition) is 1. The molecule has 0 aromatic heterocycles. The van der Waals surface area contributed by atoms with Gasteiger partial charge in [-0.05, 0) is 6.92 Å². The summed E-state index contributed by atoms with van der Waals surface area (Å²) in [5, 5.41) is 8.73. The number of rotatable bonds is 3. The van der Waals surface area contributed by atoms with Crippen molar-refractivity contribution in [3.8, 4) is 0 Å². The predicted molar refractivity (Wildman–Crippen MR) is 28.4 cm³/mol. The van der Waals surface area contributed by atoms with Crippen LogP contribution in [0.1, 0.15) is 6.92 Å². The van der Waals surface area contributed by atoms with Gasteiger partial charge in [0.25, 0.3) is 0 Å². The number of aliphatic hydroxyl groups is 1. The van der Waals surface area contributed by atoms with E-state index in [0.717, 1.165) is 0 Å². The summed E-state index contributed by atoms with van der Waals surface area (Å²) >= 11 is 5.13. The number of halogens is 2. The van der Waals surface area contributed by atoms with Crippen LogP contribution in [-0.4, -0.2) is 23.6 Å². The van der Waals surface area contributed by atoms with Gasteiger partial charge in [-0.25, -0.2) is 4.39 Å². The molecule has 0 amide bonds. The van der Waals surface area contributed by atoms with E-state index in [2.05, 4.69) is 4.74 Å². The smallest absolute Gasteiger partial charge is 0.191 e. The third-order valence-electron chi connectivity index (χ3n) is 0.613. The molecular weight excluding hydrogens is 134 g/mol. The molecule has 4 heteroatoms. The Morgan fingerprint density at radius 2 is 2.38 bits per heavy atom. The molecule has 50 valence electrons. The Bertz CT molecular complexity index is 67.1. The van der Waals surface area contributed by atoms with Gasteiger partial charge in [0.05, 0.1) is 5.88 Å². The molecule has 0 aromatic carbocycles. The van der Waals surface area contributed by atoms with Crippen LogP contribution in [0.2, 0.25) is 0 Å². The molecule has 0 aliphatic carbocycles. The molecule has 1 N–H and O–H groups in total. The molecule has 0 fully saturated rings. The molecule has 0 aliphatic rings. The maximum atomic E-state index is 11.2. The summed E-state index contributed by atoms with van der Waals surface area (Å²) in [6.45, 7) is 0.277. The largest absolute Gasteiger partial charge is 0.365 e. The van der Waals surface area contributed by atoms with E-state index in [9.17, 15) is 4.39 Å². The molecule has 0 saturated heterocycles. The zero-order valence-electron chi connectivity index (χ0n) is 4.53. The minimum Gasteiger partial charge on any atom is -0.365 e. The normalized spacial score (nSPS) is 18.0. The van der Waals surface area contributed by atoms with Crippen LogP contribution in [0.25, 0.3) is 0 Å². The Kier molecular flexibility index (Phi) is 3.28. The van der Waals surface area contributed by atoms with Crippen molar-refractivity contribution >= 4 is 11.6 Å². The second-order valence-electron chi connectivity index (χ2n) is 1.56. The van der Waals surface area contributed by atoms with Crippen LogP contribution >= 0.6 is 11.6 Å².